The van der Waals surface area contributed by atoms with E-state index in [1.54, 1.807) is 26.8 Å². The van der Waals surface area contributed by atoms with Gasteiger partial charge in [-0.25, -0.2) is 24.5 Å². The lowest BCUT2D eigenvalue weighted by atomic mass is 10.2. The molecule has 0 N–H and O–H groups in total. The highest BCUT2D eigenvalue weighted by atomic mass is 19.4. The summed E-state index contributed by atoms with van der Waals surface area (Å²) in [5, 5.41) is 0. The number of halogens is 3. The fourth-order valence-corrected chi connectivity index (χ4v) is 3.34. The average Bonchev–Trinajstić information content (AvgIpc) is 3.16. The van der Waals surface area contributed by atoms with E-state index in [2.05, 4.69) is 9.97 Å². The minimum Gasteiger partial charge on any atom is -0.446 e. The van der Waals surface area contributed by atoms with Crippen LogP contribution in [0.3, 0.4) is 0 Å². The van der Waals surface area contributed by atoms with Crippen LogP contribution in [0.1, 0.15) is 32.0 Å². The molecule has 0 aromatic carbocycles. The summed E-state index contributed by atoms with van der Waals surface area (Å²) in [5.74, 6) is -0.724. The predicted octanol–water partition coefficient (Wildman–Crippen LogP) is 4.16. The molecule has 1 atom stereocenters. The van der Waals surface area contributed by atoms with Crippen LogP contribution in [-0.2, 0) is 20.4 Å². The first-order valence-electron chi connectivity index (χ1n) is 10.8. The Labute approximate surface area is 205 Å². The second-order valence-electron chi connectivity index (χ2n) is 9.11. The SMILES string of the molecule is Cc1cc(C(F)(F)F)cc(N2C(=O)OC[C@H]2C(=O)N(C)c2cccc(N(C)C(=O)OC(C)(C)C)n2)n1. The van der Waals surface area contributed by atoms with Gasteiger partial charge in [0.15, 0.2) is 6.04 Å². The lowest BCUT2D eigenvalue weighted by Crippen LogP contribution is -2.47. The van der Waals surface area contributed by atoms with Crippen molar-refractivity contribution in [2.75, 3.05) is 35.4 Å². The molecule has 36 heavy (non-hydrogen) atoms. The Balaban J connectivity index is 1.88. The molecular weight excluding hydrogens is 483 g/mol. The molecule has 2 aromatic rings. The van der Waals surface area contributed by atoms with Crippen LogP contribution in [0.5, 0.6) is 0 Å². The fourth-order valence-electron chi connectivity index (χ4n) is 3.34. The lowest BCUT2D eigenvalue weighted by molar-refractivity contribution is -0.137. The van der Waals surface area contributed by atoms with Gasteiger partial charge in [0.25, 0.3) is 5.91 Å². The first-order chi connectivity index (χ1) is 16.6. The van der Waals surface area contributed by atoms with Crippen LogP contribution < -0.4 is 14.7 Å². The molecular formula is C23H26F3N5O5. The molecule has 0 aliphatic carbocycles. The normalized spacial score (nSPS) is 16.0. The number of cyclic esters (lactones) is 1. The van der Waals surface area contributed by atoms with Gasteiger partial charge in [-0.3, -0.25) is 14.6 Å². The Kier molecular flexibility index (Phi) is 7.14. The molecule has 1 fully saturated rings. The Morgan fingerprint density at radius 1 is 1.08 bits per heavy atom. The molecule has 2 aromatic heterocycles. The average molecular weight is 509 g/mol. The van der Waals surface area contributed by atoms with Gasteiger partial charge in [-0.15, -0.1) is 0 Å². The number of aromatic nitrogens is 2. The number of anilines is 3. The van der Waals surface area contributed by atoms with Crippen molar-refractivity contribution in [2.24, 2.45) is 0 Å². The van der Waals surface area contributed by atoms with E-state index in [0.717, 1.165) is 20.8 Å². The molecule has 0 unspecified atom stereocenters. The molecule has 0 radical (unpaired) electrons. The van der Waals surface area contributed by atoms with Crippen LogP contribution in [0.15, 0.2) is 30.3 Å². The maximum atomic E-state index is 13.3. The van der Waals surface area contributed by atoms with Crippen molar-refractivity contribution in [3.8, 4) is 0 Å². The minimum absolute atomic E-state index is 0.0126. The van der Waals surface area contributed by atoms with Crippen LogP contribution in [0.2, 0.25) is 0 Å². The van der Waals surface area contributed by atoms with Crippen molar-refractivity contribution >= 4 is 35.5 Å². The standard InChI is InChI=1S/C23H26F3N5O5/c1-13-10-14(23(24,25)26)11-18(27-13)31-15(12-35-21(31)34)19(32)29(5)16-8-7-9-17(28-16)30(6)20(33)36-22(2,3)4/h7-11,15H,12H2,1-6H3/t15-/m0/s1. The van der Waals surface area contributed by atoms with Gasteiger partial charge < -0.3 is 9.47 Å². The largest absolute Gasteiger partial charge is 0.446 e. The van der Waals surface area contributed by atoms with Crippen molar-refractivity contribution in [2.45, 2.75) is 45.5 Å². The van der Waals surface area contributed by atoms with Gasteiger partial charge in [-0.2, -0.15) is 13.2 Å². The summed E-state index contributed by atoms with van der Waals surface area (Å²) in [6, 6.07) is 4.84. The molecule has 194 valence electrons. The lowest BCUT2D eigenvalue weighted by Gasteiger charge is -2.26. The zero-order valence-corrected chi connectivity index (χ0v) is 20.6. The number of hydrogen-bond acceptors (Lipinski definition) is 7. The number of pyridine rings is 2. The third-order valence-corrected chi connectivity index (χ3v) is 5.08. The van der Waals surface area contributed by atoms with Crippen LogP contribution in [0.25, 0.3) is 0 Å². The van der Waals surface area contributed by atoms with Crippen molar-refractivity contribution in [1.82, 2.24) is 9.97 Å². The van der Waals surface area contributed by atoms with E-state index in [9.17, 15) is 27.6 Å². The zero-order chi connectivity index (χ0) is 27.0. The molecule has 3 rings (SSSR count). The van der Waals surface area contributed by atoms with E-state index in [0.29, 0.717) is 6.07 Å². The molecule has 3 amide bonds. The van der Waals surface area contributed by atoms with E-state index in [1.807, 2.05) is 0 Å². The predicted molar refractivity (Wildman–Crippen MR) is 124 cm³/mol. The summed E-state index contributed by atoms with van der Waals surface area (Å²) in [6.45, 7) is 6.10. The van der Waals surface area contributed by atoms with E-state index in [1.165, 1.54) is 33.2 Å². The smallest absolute Gasteiger partial charge is 0.416 e. The molecule has 10 nitrogen and oxygen atoms in total. The number of nitrogens with zero attached hydrogens (tertiary/aromatic N) is 5. The second kappa shape index (κ2) is 9.63. The summed E-state index contributed by atoms with van der Waals surface area (Å²) in [7, 11) is 2.84. The summed E-state index contributed by atoms with van der Waals surface area (Å²) < 4.78 is 50.2. The Hall–Kier alpha value is -3.90. The number of alkyl halides is 3. The Bertz CT molecular complexity index is 1180. The number of hydrogen-bond donors (Lipinski definition) is 0. The molecule has 1 aliphatic rings. The molecule has 0 saturated carbocycles. The van der Waals surface area contributed by atoms with Gasteiger partial charge in [-0.05, 0) is 52.0 Å². The fraction of sp³-hybridized carbons (Fsp3) is 0.435. The highest BCUT2D eigenvalue weighted by molar-refractivity contribution is 6.05. The monoisotopic (exact) mass is 509 g/mol. The van der Waals surface area contributed by atoms with Gasteiger partial charge in [0, 0.05) is 19.8 Å². The van der Waals surface area contributed by atoms with E-state index >= 15 is 0 Å². The Morgan fingerprint density at radius 3 is 2.28 bits per heavy atom. The summed E-state index contributed by atoms with van der Waals surface area (Å²) in [5.41, 5.74) is -1.73. The molecule has 1 saturated heterocycles. The first-order valence-corrected chi connectivity index (χ1v) is 10.8. The number of carbonyl (C=O) groups is 3. The number of carbonyl (C=O) groups excluding carboxylic acids is 3. The van der Waals surface area contributed by atoms with Crippen LogP contribution in [-0.4, -0.2) is 60.4 Å². The molecule has 1 aliphatic heterocycles. The first kappa shape index (κ1) is 26.7. The van der Waals surface area contributed by atoms with Gasteiger partial charge in [0.05, 0.1) is 5.56 Å². The Morgan fingerprint density at radius 2 is 1.69 bits per heavy atom. The maximum Gasteiger partial charge on any atom is 0.416 e. The summed E-state index contributed by atoms with van der Waals surface area (Å²) in [4.78, 5) is 49.5. The van der Waals surface area contributed by atoms with Gasteiger partial charge in [0.1, 0.15) is 29.7 Å². The second-order valence-corrected chi connectivity index (χ2v) is 9.11. The number of ether oxygens (including phenoxy) is 2. The maximum absolute atomic E-state index is 13.3. The molecule has 0 bridgehead atoms. The number of rotatable bonds is 4. The number of amides is 3. The molecule has 0 spiro atoms. The van der Waals surface area contributed by atoms with Crippen molar-refractivity contribution in [3.63, 3.8) is 0 Å². The van der Waals surface area contributed by atoms with Crippen LogP contribution >= 0.6 is 0 Å². The van der Waals surface area contributed by atoms with Gasteiger partial charge >= 0.3 is 18.4 Å². The van der Waals surface area contributed by atoms with E-state index < -0.39 is 48.1 Å². The van der Waals surface area contributed by atoms with Gasteiger partial charge in [0.2, 0.25) is 0 Å². The van der Waals surface area contributed by atoms with Crippen molar-refractivity contribution in [3.05, 3.63) is 41.6 Å². The quantitative estimate of drug-likeness (QED) is 0.609. The number of aryl methyl sites for hydroxylation is 1. The zero-order valence-electron chi connectivity index (χ0n) is 20.6. The van der Waals surface area contributed by atoms with Crippen LogP contribution in [0.4, 0.5) is 40.2 Å². The van der Waals surface area contributed by atoms with Gasteiger partial charge in [-0.1, -0.05) is 6.07 Å². The van der Waals surface area contributed by atoms with Crippen LogP contribution in [0, 0.1) is 6.92 Å². The number of likely N-dealkylation sites (N-methyl/N-ethyl adjacent to an activating group) is 1. The highest BCUT2D eigenvalue weighted by Crippen LogP contribution is 2.33. The third-order valence-electron chi connectivity index (χ3n) is 5.08. The van der Waals surface area contributed by atoms with Crippen molar-refractivity contribution in [1.29, 1.82) is 0 Å². The third kappa shape index (κ3) is 5.83. The topological polar surface area (TPSA) is 105 Å². The summed E-state index contributed by atoms with van der Waals surface area (Å²) >= 11 is 0. The van der Waals surface area contributed by atoms with E-state index in [-0.39, 0.29) is 23.1 Å². The minimum atomic E-state index is -4.67. The van der Waals surface area contributed by atoms with Crippen molar-refractivity contribution < 1.29 is 37.0 Å². The molecule has 13 heteroatoms. The highest BCUT2D eigenvalue weighted by Gasteiger charge is 2.43. The van der Waals surface area contributed by atoms with E-state index in [4.69, 9.17) is 9.47 Å². The molecule has 3 heterocycles. The summed E-state index contributed by atoms with van der Waals surface area (Å²) in [6.07, 6.45) is -6.33.